The van der Waals surface area contributed by atoms with Gasteiger partial charge >= 0.3 is 6.09 Å². The molecule has 0 saturated carbocycles. The number of hydrogen-bond acceptors (Lipinski definition) is 4. The Kier molecular flexibility index (Phi) is 2.88. The number of pyridine rings is 1. The van der Waals surface area contributed by atoms with Gasteiger partial charge in [-0.1, -0.05) is 11.6 Å². The van der Waals surface area contributed by atoms with Crippen LogP contribution in [0.3, 0.4) is 0 Å². The topological polar surface area (TPSA) is 100 Å². The Hall–Kier alpha value is -1.53. The van der Waals surface area contributed by atoms with E-state index in [1.165, 1.54) is 12.1 Å². The minimum absolute atomic E-state index is 0.0459. The molecule has 0 bridgehead atoms. The third-order valence-electron chi connectivity index (χ3n) is 1.22. The van der Waals surface area contributed by atoms with E-state index in [4.69, 9.17) is 22.6 Å². The number of halogens is 1. The van der Waals surface area contributed by atoms with E-state index in [0.29, 0.717) is 5.82 Å². The van der Waals surface area contributed by atoms with Gasteiger partial charge in [-0.2, -0.15) is 0 Å². The molecule has 0 radical (unpaired) electrons. The summed E-state index contributed by atoms with van der Waals surface area (Å²) in [5.74, 6) is 5.44. The van der Waals surface area contributed by atoms with Gasteiger partial charge in [-0.25, -0.2) is 15.6 Å². The summed E-state index contributed by atoms with van der Waals surface area (Å²) in [4.78, 5) is 14.0. The van der Waals surface area contributed by atoms with Crippen LogP contribution in [0.1, 0.15) is 0 Å². The first-order valence-electron chi connectivity index (χ1n) is 3.26. The van der Waals surface area contributed by atoms with E-state index in [0.717, 1.165) is 0 Å². The number of hydrazine groups is 1. The normalized spacial score (nSPS) is 9.38. The van der Waals surface area contributed by atoms with E-state index in [2.05, 4.69) is 10.4 Å². The maximum absolute atomic E-state index is 10.3. The average Bonchev–Trinajstić information content (AvgIpc) is 2.08. The Bertz CT molecular complexity index is 330. The first-order valence-corrected chi connectivity index (χ1v) is 3.64. The van der Waals surface area contributed by atoms with Gasteiger partial charge in [0.1, 0.15) is 5.82 Å². The van der Waals surface area contributed by atoms with Crippen molar-refractivity contribution in [1.82, 2.24) is 4.98 Å². The third-order valence-corrected chi connectivity index (χ3v) is 1.52. The van der Waals surface area contributed by atoms with Crippen molar-refractivity contribution >= 4 is 29.3 Å². The lowest BCUT2D eigenvalue weighted by Crippen LogP contribution is -2.12. The molecule has 0 aromatic carbocycles. The number of nitrogen functional groups attached to an aromatic ring is 1. The molecule has 0 aliphatic carbocycles. The molecule has 7 heteroatoms. The van der Waals surface area contributed by atoms with Gasteiger partial charge in [0.2, 0.25) is 0 Å². The molecule has 0 atom stereocenters. The fraction of sp³-hybridized carbons (Fsp3) is 0. The van der Waals surface area contributed by atoms with Crippen LogP contribution in [-0.4, -0.2) is 16.2 Å². The molecule has 1 amide bonds. The molecule has 1 rings (SSSR count). The van der Waals surface area contributed by atoms with Crippen LogP contribution < -0.4 is 16.6 Å². The molecule has 0 saturated heterocycles. The monoisotopic (exact) mass is 202 g/mol. The highest BCUT2D eigenvalue weighted by Crippen LogP contribution is 2.20. The summed E-state index contributed by atoms with van der Waals surface area (Å²) < 4.78 is 0. The number of aromatic nitrogens is 1. The van der Waals surface area contributed by atoms with Crippen molar-refractivity contribution in [1.29, 1.82) is 0 Å². The van der Waals surface area contributed by atoms with Gasteiger partial charge in [-0.05, 0) is 12.1 Å². The Labute approximate surface area is 78.7 Å². The summed E-state index contributed by atoms with van der Waals surface area (Å²) in [6.07, 6.45) is -1.23. The molecule has 0 aliphatic rings. The number of anilines is 2. The van der Waals surface area contributed by atoms with Crippen molar-refractivity contribution in [2.75, 3.05) is 10.7 Å². The molecule has 0 aliphatic heterocycles. The summed E-state index contributed by atoms with van der Waals surface area (Å²) in [6, 6.07) is 3.00. The molecule has 6 nitrogen and oxygen atoms in total. The summed E-state index contributed by atoms with van der Waals surface area (Å²) in [5, 5.41) is 10.6. The predicted octanol–water partition coefficient (Wildman–Crippen LogP) is 1.11. The van der Waals surface area contributed by atoms with Gasteiger partial charge in [0.05, 0.1) is 5.02 Å². The highest BCUT2D eigenvalue weighted by atomic mass is 35.5. The lowest BCUT2D eigenvalue weighted by atomic mass is 10.4. The third kappa shape index (κ3) is 2.46. The molecule has 0 unspecified atom stereocenters. The van der Waals surface area contributed by atoms with Gasteiger partial charge in [0, 0.05) is 0 Å². The minimum atomic E-state index is -1.23. The van der Waals surface area contributed by atoms with Crippen molar-refractivity contribution in [3.05, 3.63) is 17.2 Å². The highest BCUT2D eigenvalue weighted by Gasteiger charge is 2.05. The van der Waals surface area contributed by atoms with E-state index in [-0.39, 0.29) is 10.8 Å². The first-order chi connectivity index (χ1) is 6.13. The van der Waals surface area contributed by atoms with Crippen LogP contribution in [0.15, 0.2) is 12.1 Å². The summed E-state index contributed by atoms with van der Waals surface area (Å²) in [5.41, 5.74) is 2.27. The molecular formula is C6H7ClN4O2. The number of nitrogens with zero attached hydrogens (tertiary/aromatic N) is 1. The van der Waals surface area contributed by atoms with E-state index in [1.54, 1.807) is 0 Å². The molecule has 5 N–H and O–H groups in total. The highest BCUT2D eigenvalue weighted by molar-refractivity contribution is 6.33. The van der Waals surface area contributed by atoms with Crippen molar-refractivity contribution < 1.29 is 9.90 Å². The van der Waals surface area contributed by atoms with E-state index >= 15 is 0 Å². The minimum Gasteiger partial charge on any atom is -0.465 e. The summed E-state index contributed by atoms with van der Waals surface area (Å²) in [6.45, 7) is 0. The lowest BCUT2D eigenvalue weighted by Gasteiger charge is -2.04. The zero-order valence-corrected chi connectivity index (χ0v) is 7.17. The Morgan fingerprint density at radius 1 is 1.62 bits per heavy atom. The lowest BCUT2D eigenvalue weighted by molar-refractivity contribution is 0.209. The molecule has 70 valence electrons. The van der Waals surface area contributed by atoms with E-state index < -0.39 is 6.09 Å². The van der Waals surface area contributed by atoms with Gasteiger partial charge in [0.15, 0.2) is 5.82 Å². The molecular weight excluding hydrogens is 196 g/mol. The van der Waals surface area contributed by atoms with Crippen LogP contribution in [0, 0.1) is 0 Å². The smallest absolute Gasteiger partial charge is 0.410 e. The maximum atomic E-state index is 10.3. The number of hydrogen-bond donors (Lipinski definition) is 4. The number of carboxylic acid groups (broad SMARTS) is 1. The number of rotatable bonds is 2. The Morgan fingerprint density at radius 2 is 2.31 bits per heavy atom. The van der Waals surface area contributed by atoms with Crippen LogP contribution >= 0.6 is 11.6 Å². The number of nitrogens with two attached hydrogens (primary N) is 1. The van der Waals surface area contributed by atoms with Crippen LogP contribution in [-0.2, 0) is 0 Å². The number of nitrogens with one attached hydrogen (secondary N) is 2. The SMILES string of the molecule is NNc1ccc(Cl)c(NC(=O)O)n1. The molecule has 1 aromatic heterocycles. The second kappa shape index (κ2) is 3.92. The standard InChI is InChI=1S/C6H7ClN4O2/c7-3-1-2-4(11-8)9-5(3)10-6(12)13/h1-2H,8H2,(H,12,13)(H2,9,10,11). The van der Waals surface area contributed by atoms with Gasteiger partial charge in [0.25, 0.3) is 0 Å². The largest absolute Gasteiger partial charge is 0.465 e. The Balaban J connectivity index is 2.96. The zero-order chi connectivity index (χ0) is 9.84. The van der Waals surface area contributed by atoms with Crippen LogP contribution in [0.4, 0.5) is 16.4 Å². The molecule has 1 heterocycles. The summed E-state index contributed by atoms with van der Waals surface area (Å²) in [7, 11) is 0. The fourth-order valence-electron chi connectivity index (χ4n) is 0.711. The van der Waals surface area contributed by atoms with E-state index in [1.807, 2.05) is 5.32 Å². The quantitative estimate of drug-likeness (QED) is 0.425. The van der Waals surface area contributed by atoms with Gasteiger partial charge in [-0.15, -0.1) is 0 Å². The second-order valence-electron chi connectivity index (χ2n) is 2.10. The average molecular weight is 203 g/mol. The maximum Gasteiger partial charge on any atom is 0.410 e. The van der Waals surface area contributed by atoms with Crippen LogP contribution in [0.25, 0.3) is 0 Å². The Morgan fingerprint density at radius 3 is 2.85 bits per heavy atom. The van der Waals surface area contributed by atoms with Crippen molar-refractivity contribution in [3.63, 3.8) is 0 Å². The van der Waals surface area contributed by atoms with Crippen molar-refractivity contribution in [2.24, 2.45) is 5.84 Å². The predicted molar refractivity (Wildman–Crippen MR) is 48.7 cm³/mol. The van der Waals surface area contributed by atoms with Crippen molar-refractivity contribution in [2.45, 2.75) is 0 Å². The van der Waals surface area contributed by atoms with E-state index in [9.17, 15) is 4.79 Å². The van der Waals surface area contributed by atoms with Gasteiger partial charge < -0.3 is 10.5 Å². The van der Waals surface area contributed by atoms with Crippen LogP contribution in [0.2, 0.25) is 5.02 Å². The number of carbonyl (C=O) groups is 1. The fourth-order valence-corrected chi connectivity index (χ4v) is 0.864. The first kappa shape index (κ1) is 9.56. The zero-order valence-electron chi connectivity index (χ0n) is 6.41. The molecule has 1 aromatic rings. The van der Waals surface area contributed by atoms with Gasteiger partial charge in [-0.3, -0.25) is 5.32 Å². The number of amides is 1. The second-order valence-corrected chi connectivity index (χ2v) is 2.51. The van der Waals surface area contributed by atoms with Crippen LogP contribution in [0.5, 0.6) is 0 Å². The summed E-state index contributed by atoms with van der Waals surface area (Å²) >= 11 is 5.64. The molecule has 13 heavy (non-hydrogen) atoms. The molecule has 0 fully saturated rings. The van der Waals surface area contributed by atoms with Crippen molar-refractivity contribution in [3.8, 4) is 0 Å². The molecule has 0 spiro atoms.